The van der Waals surface area contributed by atoms with Crippen LogP contribution in [-0.2, 0) is 4.84 Å². The fraction of sp³-hybridized carbons (Fsp3) is 0.667. The first-order valence-corrected chi connectivity index (χ1v) is 3.32. The molecule has 1 heterocycles. The van der Waals surface area contributed by atoms with Crippen LogP contribution < -0.4 is 5.53 Å². The minimum absolute atomic E-state index is 1.00. The van der Waals surface area contributed by atoms with Crippen molar-refractivity contribution in [3.8, 4) is 0 Å². The zero-order chi connectivity index (χ0) is 7.56. The molecule has 10 heavy (non-hydrogen) atoms. The summed E-state index contributed by atoms with van der Waals surface area (Å²) in [5.41, 5.74) is 4.17. The van der Waals surface area contributed by atoms with Gasteiger partial charge in [-0.05, 0) is 6.42 Å². The highest BCUT2D eigenvalue weighted by atomic mass is 16.7. The molecule has 1 rings (SSSR count). The number of hydrogen-bond acceptors (Lipinski definition) is 4. The molecule has 0 saturated carbocycles. The van der Waals surface area contributed by atoms with Crippen molar-refractivity contribution in [3.63, 3.8) is 0 Å². The third-order valence-corrected chi connectivity index (χ3v) is 1.50. The molecule has 0 fully saturated rings. The van der Waals surface area contributed by atoms with E-state index in [1.165, 1.54) is 5.70 Å². The normalized spacial score (nSPS) is 18.1. The highest BCUT2D eigenvalue weighted by Crippen LogP contribution is 2.10. The van der Waals surface area contributed by atoms with Crippen molar-refractivity contribution in [2.24, 2.45) is 0 Å². The first-order chi connectivity index (χ1) is 4.77. The zero-order valence-corrected chi connectivity index (χ0v) is 6.59. The lowest BCUT2D eigenvalue weighted by molar-refractivity contribution is -0.150. The molecular formula is C6H13N3O. The van der Waals surface area contributed by atoms with E-state index in [9.17, 15) is 0 Å². The summed E-state index contributed by atoms with van der Waals surface area (Å²) < 4.78 is 0. The molecule has 0 spiro atoms. The quantitative estimate of drug-likeness (QED) is 0.608. The molecule has 1 N–H and O–H groups in total. The molecule has 58 valence electrons. The van der Waals surface area contributed by atoms with Crippen LogP contribution in [-0.4, -0.2) is 24.3 Å². The number of hydroxylamine groups is 1. The first kappa shape index (κ1) is 7.37. The molecule has 0 aromatic carbocycles. The molecule has 0 amide bonds. The minimum atomic E-state index is 1.00. The molecule has 0 unspecified atom stereocenters. The van der Waals surface area contributed by atoms with E-state index in [0.717, 1.165) is 6.42 Å². The van der Waals surface area contributed by atoms with E-state index in [1.54, 1.807) is 12.3 Å². The summed E-state index contributed by atoms with van der Waals surface area (Å²) in [6.45, 7) is 2.10. The fourth-order valence-electron chi connectivity index (χ4n) is 0.885. The van der Waals surface area contributed by atoms with Gasteiger partial charge in [0, 0.05) is 7.05 Å². The van der Waals surface area contributed by atoms with Crippen LogP contribution >= 0.6 is 0 Å². The Bertz CT molecular complexity index is 146. The van der Waals surface area contributed by atoms with Crippen LogP contribution in [0.2, 0.25) is 0 Å². The highest BCUT2D eigenvalue weighted by Gasteiger charge is 2.13. The lowest BCUT2D eigenvalue weighted by Gasteiger charge is -2.17. The van der Waals surface area contributed by atoms with Crippen LogP contribution in [0.1, 0.15) is 13.3 Å². The van der Waals surface area contributed by atoms with Gasteiger partial charge in [-0.25, -0.2) is 0 Å². The van der Waals surface area contributed by atoms with Crippen LogP contribution in [0, 0.1) is 0 Å². The number of nitrogens with zero attached hydrogens (tertiary/aromatic N) is 2. The molecule has 0 aliphatic carbocycles. The molecule has 4 heteroatoms. The lowest BCUT2D eigenvalue weighted by atomic mass is 10.4. The molecule has 0 radical (unpaired) electrons. The van der Waals surface area contributed by atoms with E-state index in [2.05, 4.69) is 12.5 Å². The van der Waals surface area contributed by atoms with Crippen LogP contribution in [0.3, 0.4) is 0 Å². The van der Waals surface area contributed by atoms with Gasteiger partial charge in [-0.3, -0.25) is 9.85 Å². The van der Waals surface area contributed by atoms with Gasteiger partial charge < -0.3 is 0 Å². The molecule has 4 nitrogen and oxygen atoms in total. The van der Waals surface area contributed by atoms with Crippen molar-refractivity contribution >= 4 is 0 Å². The number of allylic oxidation sites excluding steroid dienone is 1. The average molecular weight is 143 g/mol. The van der Waals surface area contributed by atoms with E-state index in [4.69, 9.17) is 4.84 Å². The van der Waals surface area contributed by atoms with Crippen molar-refractivity contribution in [1.82, 2.24) is 15.7 Å². The van der Waals surface area contributed by atoms with Crippen LogP contribution in [0.15, 0.2) is 11.9 Å². The van der Waals surface area contributed by atoms with Gasteiger partial charge >= 0.3 is 0 Å². The average Bonchev–Trinajstić information content (AvgIpc) is 2.30. The van der Waals surface area contributed by atoms with Gasteiger partial charge in [0.1, 0.15) is 0 Å². The molecule has 0 bridgehead atoms. The maximum absolute atomic E-state index is 4.92. The van der Waals surface area contributed by atoms with Gasteiger partial charge in [-0.15, -0.1) is 5.53 Å². The Hall–Kier alpha value is -0.740. The maximum Gasteiger partial charge on any atom is 0.0687 e. The van der Waals surface area contributed by atoms with Crippen molar-refractivity contribution in [1.29, 1.82) is 0 Å². The summed E-state index contributed by atoms with van der Waals surface area (Å²) in [7, 11) is 3.57. The highest BCUT2D eigenvalue weighted by molar-refractivity contribution is 4.99. The molecule has 1 aliphatic rings. The first-order valence-electron chi connectivity index (χ1n) is 3.32. The van der Waals surface area contributed by atoms with Crippen molar-refractivity contribution < 1.29 is 4.84 Å². The number of rotatable bonds is 2. The molecule has 1 aliphatic heterocycles. The summed E-state index contributed by atoms with van der Waals surface area (Å²) >= 11 is 0. The van der Waals surface area contributed by atoms with E-state index in [-0.39, 0.29) is 0 Å². The van der Waals surface area contributed by atoms with E-state index < -0.39 is 0 Å². The third kappa shape index (κ3) is 1.22. The fourth-order valence-corrected chi connectivity index (χ4v) is 0.885. The number of hydrogen-bond donors (Lipinski definition) is 1. The summed E-state index contributed by atoms with van der Waals surface area (Å²) in [4.78, 5) is 4.92. The second-order valence-corrected chi connectivity index (χ2v) is 2.14. The smallest absolute Gasteiger partial charge is 0.0687 e. The SMILES string of the molecule is CCC1=CN(OC)NN1C. The summed E-state index contributed by atoms with van der Waals surface area (Å²) in [6, 6.07) is 0. The second kappa shape index (κ2) is 2.90. The molecule has 0 aromatic heterocycles. The largest absolute Gasteiger partial charge is 0.294 e. The van der Waals surface area contributed by atoms with Crippen molar-refractivity contribution in [3.05, 3.63) is 11.9 Å². The molecular weight excluding hydrogens is 130 g/mol. The third-order valence-electron chi connectivity index (χ3n) is 1.50. The Morgan fingerprint density at radius 1 is 1.70 bits per heavy atom. The topological polar surface area (TPSA) is 27.7 Å². The maximum atomic E-state index is 4.92. The van der Waals surface area contributed by atoms with E-state index in [1.807, 2.05) is 18.3 Å². The molecule has 0 aromatic rings. The molecule has 0 saturated heterocycles. The Balaban J connectivity index is 2.54. The Morgan fingerprint density at radius 3 is 2.70 bits per heavy atom. The van der Waals surface area contributed by atoms with Crippen LogP contribution in [0.4, 0.5) is 0 Å². The zero-order valence-electron chi connectivity index (χ0n) is 6.59. The number of nitrogens with one attached hydrogen (secondary N) is 1. The summed E-state index contributed by atoms with van der Waals surface area (Å²) in [5.74, 6) is 0. The molecule has 0 atom stereocenters. The van der Waals surface area contributed by atoms with Crippen molar-refractivity contribution in [2.75, 3.05) is 14.2 Å². The van der Waals surface area contributed by atoms with Crippen LogP contribution in [0.5, 0.6) is 0 Å². The monoisotopic (exact) mass is 143 g/mol. The lowest BCUT2D eigenvalue weighted by Crippen LogP contribution is -2.37. The van der Waals surface area contributed by atoms with Gasteiger partial charge in [0.05, 0.1) is 19.0 Å². The van der Waals surface area contributed by atoms with Crippen molar-refractivity contribution in [2.45, 2.75) is 13.3 Å². The van der Waals surface area contributed by atoms with Crippen LogP contribution in [0.25, 0.3) is 0 Å². The van der Waals surface area contributed by atoms with E-state index in [0.29, 0.717) is 0 Å². The Kier molecular flexibility index (Phi) is 2.13. The Morgan fingerprint density at radius 2 is 2.40 bits per heavy atom. The standard InChI is InChI=1S/C6H13N3O/c1-4-6-5-9(10-3)7-8(6)2/h5,7H,4H2,1-3H3. The summed E-state index contributed by atoms with van der Waals surface area (Å²) in [6.07, 6.45) is 2.92. The summed E-state index contributed by atoms with van der Waals surface area (Å²) in [5, 5.41) is 3.49. The van der Waals surface area contributed by atoms with Gasteiger partial charge in [-0.1, -0.05) is 6.92 Å². The second-order valence-electron chi connectivity index (χ2n) is 2.14. The van der Waals surface area contributed by atoms with Gasteiger partial charge in [0.2, 0.25) is 0 Å². The van der Waals surface area contributed by atoms with E-state index >= 15 is 0 Å². The van der Waals surface area contributed by atoms with Gasteiger partial charge in [0.15, 0.2) is 0 Å². The predicted molar refractivity (Wildman–Crippen MR) is 38.1 cm³/mol. The Labute approximate surface area is 60.9 Å². The minimum Gasteiger partial charge on any atom is -0.294 e. The predicted octanol–water partition coefficient (Wildman–Crippen LogP) is 0.466. The van der Waals surface area contributed by atoms with Gasteiger partial charge in [0.25, 0.3) is 0 Å². The number of hydrazine groups is 2. The van der Waals surface area contributed by atoms with Gasteiger partial charge in [-0.2, -0.15) is 5.17 Å².